The number of aromatic nitrogens is 1. The molecule has 3 aromatic rings. The van der Waals surface area contributed by atoms with Gasteiger partial charge in [0, 0.05) is 17.6 Å². The van der Waals surface area contributed by atoms with Gasteiger partial charge in [-0.1, -0.05) is 42.5 Å². The third-order valence-electron chi connectivity index (χ3n) is 4.49. The van der Waals surface area contributed by atoms with E-state index in [-0.39, 0.29) is 0 Å². The van der Waals surface area contributed by atoms with E-state index in [1.54, 1.807) is 7.11 Å². The Morgan fingerprint density at radius 2 is 1.80 bits per heavy atom. The molecule has 1 aromatic heterocycles. The topological polar surface area (TPSA) is 51.4 Å². The fourth-order valence-corrected chi connectivity index (χ4v) is 3.45. The van der Waals surface area contributed by atoms with Gasteiger partial charge in [-0.25, -0.2) is 4.98 Å². The molecule has 0 fully saturated rings. The number of hydrogen-bond donors (Lipinski definition) is 1. The number of methoxy groups -OCH3 is 1. The molecule has 0 saturated heterocycles. The number of ether oxygens (including phenoxy) is 1. The minimum atomic E-state index is -0.650. The summed E-state index contributed by atoms with van der Waals surface area (Å²) in [6, 6.07) is 18.3. The van der Waals surface area contributed by atoms with Crippen molar-refractivity contribution in [3.8, 4) is 5.75 Å². The Morgan fingerprint density at radius 1 is 1.08 bits per heavy atom. The SMILES string of the molecule is COc1cccc2c(C(N)(CN(C)C)c3ccccc3)cc(C)nc12. The molecule has 130 valence electrons. The number of hydrogen-bond acceptors (Lipinski definition) is 4. The lowest BCUT2D eigenvalue weighted by atomic mass is 9.81. The molecule has 0 aliphatic carbocycles. The van der Waals surface area contributed by atoms with Crippen LogP contribution >= 0.6 is 0 Å². The molecule has 2 aromatic carbocycles. The minimum absolute atomic E-state index is 0.650. The second-order valence-electron chi connectivity index (χ2n) is 6.74. The number of pyridine rings is 1. The van der Waals surface area contributed by atoms with Gasteiger partial charge < -0.3 is 15.4 Å². The fourth-order valence-electron chi connectivity index (χ4n) is 3.45. The van der Waals surface area contributed by atoms with Crippen LogP contribution in [0.2, 0.25) is 0 Å². The van der Waals surface area contributed by atoms with Gasteiger partial charge in [-0.05, 0) is 44.3 Å². The Kier molecular flexibility index (Phi) is 4.75. The summed E-state index contributed by atoms with van der Waals surface area (Å²) in [5.41, 5.74) is 10.3. The molecule has 3 rings (SSSR count). The lowest BCUT2D eigenvalue weighted by Crippen LogP contribution is -2.46. The van der Waals surface area contributed by atoms with E-state index in [2.05, 4.69) is 29.2 Å². The van der Waals surface area contributed by atoms with E-state index in [0.29, 0.717) is 6.54 Å². The molecule has 1 unspecified atom stereocenters. The van der Waals surface area contributed by atoms with Crippen LogP contribution in [0.25, 0.3) is 10.9 Å². The summed E-state index contributed by atoms with van der Waals surface area (Å²) in [7, 11) is 5.76. The number of para-hydroxylation sites is 1. The molecule has 0 aliphatic heterocycles. The molecule has 4 heteroatoms. The molecule has 0 saturated carbocycles. The van der Waals surface area contributed by atoms with Gasteiger partial charge in [0.15, 0.2) is 0 Å². The van der Waals surface area contributed by atoms with Gasteiger partial charge in [0.2, 0.25) is 0 Å². The van der Waals surface area contributed by atoms with Crippen LogP contribution in [0.15, 0.2) is 54.6 Å². The summed E-state index contributed by atoms with van der Waals surface area (Å²) in [6.07, 6.45) is 0. The highest BCUT2D eigenvalue weighted by molar-refractivity contribution is 5.89. The highest BCUT2D eigenvalue weighted by Crippen LogP contribution is 2.35. The maximum Gasteiger partial charge on any atom is 0.145 e. The van der Waals surface area contributed by atoms with E-state index in [4.69, 9.17) is 15.5 Å². The van der Waals surface area contributed by atoms with Gasteiger partial charge in [-0.3, -0.25) is 0 Å². The van der Waals surface area contributed by atoms with Gasteiger partial charge >= 0.3 is 0 Å². The van der Waals surface area contributed by atoms with Crippen molar-refractivity contribution in [2.24, 2.45) is 5.73 Å². The van der Waals surface area contributed by atoms with Crippen LogP contribution in [0.5, 0.6) is 5.75 Å². The first-order valence-corrected chi connectivity index (χ1v) is 8.39. The van der Waals surface area contributed by atoms with Crippen molar-refractivity contribution in [1.29, 1.82) is 0 Å². The first-order valence-electron chi connectivity index (χ1n) is 8.39. The van der Waals surface area contributed by atoms with Crippen molar-refractivity contribution in [3.05, 3.63) is 71.4 Å². The average Bonchev–Trinajstić information content (AvgIpc) is 2.60. The summed E-state index contributed by atoms with van der Waals surface area (Å²) >= 11 is 0. The fraction of sp³-hybridized carbons (Fsp3) is 0.286. The first kappa shape index (κ1) is 17.4. The number of aryl methyl sites for hydroxylation is 1. The molecule has 0 amide bonds. The van der Waals surface area contributed by atoms with E-state index in [0.717, 1.165) is 33.5 Å². The highest BCUT2D eigenvalue weighted by atomic mass is 16.5. The van der Waals surface area contributed by atoms with Crippen molar-refractivity contribution in [1.82, 2.24) is 9.88 Å². The van der Waals surface area contributed by atoms with Gasteiger partial charge in [0.1, 0.15) is 11.3 Å². The van der Waals surface area contributed by atoms with Gasteiger partial charge in [-0.15, -0.1) is 0 Å². The number of benzene rings is 2. The van der Waals surface area contributed by atoms with Crippen LogP contribution in [0.1, 0.15) is 16.8 Å². The second kappa shape index (κ2) is 6.82. The summed E-state index contributed by atoms with van der Waals surface area (Å²) in [5, 5.41) is 1.03. The maximum atomic E-state index is 7.06. The van der Waals surface area contributed by atoms with Crippen molar-refractivity contribution < 1.29 is 4.74 Å². The maximum absolute atomic E-state index is 7.06. The van der Waals surface area contributed by atoms with Crippen molar-refractivity contribution in [2.75, 3.05) is 27.7 Å². The first-order chi connectivity index (χ1) is 12.0. The van der Waals surface area contributed by atoms with E-state index < -0.39 is 5.54 Å². The zero-order valence-electron chi connectivity index (χ0n) is 15.3. The monoisotopic (exact) mass is 335 g/mol. The Labute approximate surface area is 149 Å². The van der Waals surface area contributed by atoms with E-state index in [1.807, 2.05) is 51.4 Å². The number of nitrogens with two attached hydrogens (primary N) is 1. The van der Waals surface area contributed by atoms with Crippen LogP contribution in [0, 0.1) is 6.92 Å². The number of likely N-dealkylation sites (N-methyl/N-ethyl adjacent to an activating group) is 1. The molecular weight excluding hydrogens is 310 g/mol. The zero-order valence-corrected chi connectivity index (χ0v) is 15.3. The van der Waals surface area contributed by atoms with Crippen LogP contribution in [0.4, 0.5) is 0 Å². The molecule has 4 nitrogen and oxygen atoms in total. The Hall–Kier alpha value is -2.43. The van der Waals surface area contributed by atoms with Crippen molar-refractivity contribution in [2.45, 2.75) is 12.5 Å². The molecule has 0 radical (unpaired) electrons. The van der Waals surface area contributed by atoms with Crippen molar-refractivity contribution >= 4 is 10.9 Å². The molecular formula is C21H25N3O. The predicted octanol–water partition coefficient (Wildman–Crippen LogP) is 3.32. The highest BCUT2D eigenvalue weighted by Gasteiger charge is 2.32. The van der Waals surface area contributed by atoms with E-state index in [9.17, 15) is 0 Å². The lowest BCUT2D eigenvalue weighted by molar-refractivity contribution is 0.322. The van der Waals surface area contributed by atoms with Crippen LogP contribution in [-0.2, 0) is 5.54 Å². The summed E-state index contributed by atoms with van der Waals surface area (Å²) < 4.78 is 5.52. The largest absolute Gasteiger partial charge is 0.494 e. The molecule has 1 heterocycles. The van der Waals surface area contributed by atoms with Crippen LogP contribution in [-0.4, -0.2) is 37.6 Å². The lowest BCUT2D eigenvalue weighted by Gasteiger charge is -2.34. The third-order valence-corrected chi connectivity index (χ3v) is 4.49. The summed E-state index contributed by atoms with van der Waals surface area (Å²) in [6.45, 7) is 2.68. The zero-order chi connectivity index (χ0) is 18.0. The molecule has 0 bridgehead atoms. The standard InChI is InChI=1S/C21H25N3O/c1-15-13-18(17-11-8-12-19(25-4)20(17)23-15)21(22,14-24(2)3)16-9-6-5-7-10-16/h5-13H,14,22H2,1-4H3. The van der Waals surface area contributed by atoms with Crippen molar-refractivity contribution in [3.63, 3.8) is 0 Å². The normalized spacial score (nSPS) is 13.8. The Bertz CT molecular complexity index is 877. The minimum Gasteiger partial charge on any atom is -0.494 e. The molecule has 0 spiro atoms. The number of fused-ring (bicyclic) bond motifs is 1. The van der Waals surface area contributed by atoms with Gasteiger partial charge in [0.25, 0.3) is 0 Å². The van der Waals surface area contributed by atoms with E-state index in [1.165, 1.54) is 0 Å². The molecule has 1 atom stereocenters. The number of nitrogens with zero attached hydrogens (tertiary/aromatic N) is 2. The smallest absolute Gasteiger partial charge is 0.145 e. The summed E-state index contributed by atoms with van der Waals surface area (Å²) in [5.74, 6) is 0.766. The quantitative estimate of drug-likeness (QED) is 0.777. The van der Waals surface area contributed by atoms with Gasteiger partial charge in [-0.2, -0.15) is 0 Å². The average molecular weight is 335 g/mol. The summed E-state index contributed by atoms with van der Waals surface area (Å²) in [4.78, 5) is 6.82. The Balaban J connectivity index is 2.34. The van der Waals surface area contributed by atoms with Crippen LogP contribution < -0.4 is 10.5 Å². The second-order valence-corrected chi connectivity index (χ2v) is 6.74. The van der Waals surface area contributed by atoms with Gasteiger partial charge in [0.05, 0.1) is 12.6 Å². The predicted molar refractivity (Wildman–Crippen MR) is 103 cm³/mol. The molecule has 25 heavy (non-hydrogen) atoms. The molecule has 2 N–H and O–H groups in total. The third kappa shape index (κ3) is 3.23. The number of rotatable bonds is 5. The molecule has 0 aliphatic rings. The van der Waals surface area contributed by atoms with Crippen LogP contribution in [0.3, 0.4) is 0 Å². The van der Waals surface area contributed by atoms with E-state index >= 15 is 0 Å². The Morgan fingerprint density at radius 3 is 2.44 bits per heavy atom.